The highest BCUT2D eigenvalue weighted by atomic mass is 32.2. The number of nitrogens with zero attached hydrogens (tertiary/aromatic N) is 3. The Morgan fingerprint density at radius 1 is 1.23 bits per heavy atom. The van der Waals surface area contributed by atoms with Gasteiger partial charge in [0.25, 0.3) is 0 Å². The Kier molecular flexibility index (Phi) is 3.24. The molecule has 7 nitrogen and oxygen atoms in total. The lowest BCUT2D eigenvalue weighted by molar-refractivity contribution is -0.274. The Bertz CT molecular complexity index is 799. The first kappa shape index (κ1) is 14.6. The van der Waals surface area contributed by atoms with Crippen molar-refractivity contribution in [1.29, 1.82) is 0 Å². The number of hydrogen-bond donors (Lipinski definition) is 1. The Balaban J connectivity index is 1.91. The molecule has 1 aromatic carbocycles. The minimum atomic E-state index is -4.77. The number of aryl methyl sites for hydroxylation is 1. The molecular formula is C11H9F3N4O3S. The number of ether oxygens (including phenoxy) is 1. The van der Waals surface area contributed by atoms with E-state index in [-0.39, 0.29) is 29.6 Å². The molecule has 0 saturated heterocycles. The Labute approximate surface area is 122 Å². The predicted octanol–water partition coefficient (Wildman–Crippen LogP) is 1.60. The quantitative estimate of drug-likeness (QED) is 0.901. The average Bonchev–Trinajstić information content (AvgIpc) is 2.79. The summed E-state index contributed by atoms with van der Waals surface area (Å²) in [6, 6.07) is 4.92. The fourth-order valence-electron chi connectivity index (χ4n) is 1.98. The molecule has 11 heteroatoms. The lowest BCUT2D eigenvalue weighted by Crippen LogP contribution is -2.28. The van der Waals surface area contributed by atoms with E-state index in [0.717, 1.165) is 12.1 Å². The molecule has 118 valence electrons. The van der Waals surface area contributed by atoms with Crippen molar-refractivity contribution < 1.29 is 26.3 Å². The third kappa shape index (κ3) is 2.98. The maximum Gasteiger partial charge on any atom is 0.573 e. The van der Waals surface area contributed by atoms with Gasteiger partial charge in [0.05, 0.1) is 12.3 Å². The predicted molar refractivity (Wildman–Crippen MR) is 69.6 cm³/mol. The zero-order chi connectivity index (χ0) is 16.0. The average molecular weight is 334 g/mol. The molecule has 0 radical (unpaired) electrons. The number of alkyl halides is 3. The number of hydrogen-bond acceptors (Lipinski definition) is 5. The second-order valence-corrected chi connectivity index (χ2v) is 6.34. The van der Waals surface area contributed by atoms with Crippen LogP contribution in [0, 0.1) is 0 Å². The van der Waals surface area contributed by atoms with E-state index in [9.17, 15) is 21.6 Å². The van der Waals surface area contributed by atoms with Gasteiger partial charge in [-0.25, -0.2) is 13.1 Å². The minimum absolute atomic E-state index is 0.110. The van der Waals surface area contributed by atoms with Crippen molar-refractivity contribution in [2.75, 3.05) is 10.5 Å². The van der Waals surface area contributed by atoms with Crippen LogP contribution in [0.4, 0.5) is 19.0 Å². The van der Waals surface area contributed by atoms with E-state index in [2.05, 4.69) is 19.8 Å². The van der Waals surface area contributed by atoms with Crippen LogP contribution in [0.2, 0.25) is 0 Å². The standard InChI is InChI=1S/C11H9F3N4O3S/c12-11(13,14)21-8-3-1-7(2-4-8)9-10-16-22(19,20)6-5-18(10)17-15-9/h1-4,16H,5-6H2. The number of sulfonamides is 1. The van der Waals surface area contributed by atoms with E-state index >= 15 is 0 Å². The summed E-state index contributed by atoms with van der Waals surface area (Å²) in [5.74, 6) is -0.296. The van der Waals surface area contributed by atoms with Crippen LogP contribution in [-0.4, -0.2) is 35.5 Å². The summed E-state index contributed by atoms with van der Waals surface area (Å²) in [6.45, 7) is 0.160. The van der Waals surface area contributed by atoms with Crippen molar-refractivity contribution in [3.8, 4) is 17.0 Å². The first-order valence-corrected chi connectivity index (χ1v) is 7.69. The number of fused-ring (bicyclic) bond motifs is 1. The molecule has 0 atom stereocenters. The third-order valence-electron chi connectivity index (χ3n) is 2.92. The van der Waals surface area contributed by atoms with Gasteiger partial charge in [0, 0.05) is 5.56 Å². The van der Waals surface area contributed by atoms with Gasteiger partial charge in [0.15, 0.2) is 5.82 Å². The van der Waals surface area contributed by atoms with Crippen LogP contribution in [-0.2, 0) is 16.6 Å². The molecule has 0 saturated carbocycles. The van der Waals surface area contributed by atoms with Crippen molar-refractivity contribution in [1.82, 2.24) is 15.0 Å². The molecule has 0 fully saturated rings. The van der Waals surface area contributed by atoms with Crippen LogP contribution in [0.3, 0.4) is 0 Å². The van der Waals surface area contributed by atoms with Crippen molar-refractivity contribution >= 4 is 15.8 Å². The van der Waals surface area contributed by atoms with E-state index < -0.39 is 16.4 Å². The van der Waals surface area contributed by atoms with Crippen molar-refractivity contribution in [3.05, 3.63) is 24.3 Å². The molecule has 0 spiro atoms. The molecule has 1 N–H and O–H groups in total. The van der Waals surface area contributed by atoms with Crippen molar-refractivity contribution in [2.24, 2.45) is 0 Å². The van der Waals surface area contributed by atoms with Gasteiger partial charge in [-0.05, 0) is 24.3 Å². The zero-order valence-electron chi connectivity index (χ0n) is 10.8. The molecule has 1 aliphatic rings. The van der Waals surface area contributed by atoms with E-state index in [1.54, 1.807) is 0 Å². The molecule has 22 heavy (non-hydrogen) atoms. The Hall–Kier alpha value is -2.30. The van der Waals surface area contributed by atoms with E-state index in [1.165, 1.54) is 16.8 Å². The summed E-state index contributed by atoms with van der Waals surface area (Å²) in [6.07, 6.45) is -4.77. The lowest BCUT2D eigenvalue weighted by Gasteiger charge is -2.16. The summed E-state index contributed by atoms with van der Waals surface area (Å²) < 4.78 is 67.0. The molecule has 1 aromatic heterocycles. The summed E-state index contributed by atoms with van der Waals surface area (Å²) in [5.41, 5.74) is 0.655. The normalized spacial score (nSPS) is 16.7. The molecule has 0 unspecified atom stereocenters. The molecule has 0 amide bonds. The highest BCUT2D eigenvalue weighted by Crippen LogP contribution is 2.31. The summed E-state index contributed by atoms with van der Waals surface area (Å²) >= 11 is 0. The minimum Gasteiger partial charge on any atom is -0.406 e. The van der Waals surface area contributed by atoms with Gasteiger partial charge in [0.2, 0.25) is 10.0 Å². The molecule has 1 aliphatic heterocycles. The highest BCUT2D eigenvalue weighted by molar-refractivity contribution is 7.92. The SMILES string of the molecule is O=S1(=O)CCn2nnc(-c3ccc(OC(F)(F)F)cc3)c2N1. The smallest absolute Gasteiger partial charge is 0.406 e. The van der Waals surface area contributed by atoms with Gasteiger partial charge < -0.3 is 4.74 Å². The second kappa shape index (κ2) is 4.87. The maximum absolute atomic E-state index is 12.1. The van der Waals surface area contributed by atoms with Crippen LogP contribution in [0.15, 0.2) is 24.3 Å². The van der Waals surface area contributed by atoms with Gasteiger partial charge in [0.1, 0.15) is 11.4 Å². The van der Waals surface area contributed by atoms with Gasteiger partial charge in [-0.3, -0.25) is 4.72 Å². The van der Waals surface area contributed by atoms with Gasteiger partial charge in [-0.15, -0.1) is 18.3 Å². The number of aromatic nitrogens is 3. The molecule has 3 rings (SSSR count). The van der Waals surface area contributed by atoms with Crippen LogP contribution >= 0.6 is 0 Å². The van der Waals surface area contributed by atoms with Gasteiger partial charge in [-0.1, -0.05) is 5.21 Å². The van der Waals surface area contributed by atoms with Crippen LogP contribution < -0.4 is 9.46 Å². The Morgan fingerprint density at radius 2 is 1.91 bits per heavy atom. The summed E-state index contributed by atoms with van der Waals surface area (Å²) in [5, 5.41) is 7.67. The zero-order valence-corrected chi connectivity index (χ0v) is 11.6. The van der Waals surface area contributed by atoms with Gasteiger partial charge >= 0.3 is 6.36 Å². The molecular weight excluding hydrogens is 325 g/mol. The van der Waals surface area contributed by atoms with E-state index in [4.69, 9.17) is 0 Å². The molecule has 2 heterocycles. The number of anilines is 1. The van der Waals surface area contributed by atoms with Crippen LogP contribution in [0.1, 0.15) is 0 Å². The maximum atomic E-state index is 12.1. The number of nitrogens with one attached hydrogen (secondary N) is 1. The molecule has 2 aromatic rings. The first-order chi connectivity index (χ1) is 10.2. The van der Waals surface area contributed by atoms with E-state index in [1.807, 2.05) is 0 Å². The van der Waals surface area contributed by atoms with Gasteiger partial charge in [-0.2, -0.15) is 0 Å². The number of rotatable bonds is 2. The number of benzene rings is 1. The fraction of sp³-hybridized carbons (Fsp3) is 0.273. The highest BCUT2D eigenvalue weighted by Gasteiger charge is 2.31. The lowest BCUT2D eigenvalue weighted by atomic mass is 10.1. The van der Waals surface area contributed by atoms with Crippen molar-refractivity contribution in [2.45, 2.75) is 12.9 Å². The largest absolute Gasteiger partial charge is 0.573 e. The van der Waals surface area contributed by atoms with Crippen LogP contribution in [0.25, 0.3) is 11.3 Å². The molecule has 0 aliphatic carbocycles. The number of halogens is 3. The Morgan fingerprint density at radius 3 is 2.55 bits per heavy atom. The second-order valence-electron chi connectivity index (χ2n) is 4.50. The monoisotopic (exact) mass is 334 g/mol. The van der Waals surface area contributed by atoms with E-state index in [0.29, 0.717) is 5.56 Å². The first-order valence-electron chi connectivity index (χ1n) is 6.04. The van der Waals surface area contributed by atoms with Crippen LogP contribution in [0.5, 0.6) is 5.75 Å². The third-order valence-corrected chi connectivity index (χ3v) is 4.14. The topological polar surface area (TPSA) is 86.1 Å². The summed E-state index contributed by atoms with van der Waals surface area (Å²) in [4.78, 5) is 0. The fourth-order valence-corrected chi connectivity index (χ4v) is 3.00. The summed E-state index contributed by atoms with van der Waals surface area (Å²) in [7, 11) is -3.45. The van der Waals surface area contributed by atoms with Crippen molar-refractivity contribution in [3.63, 3.8) is 0 Å². The molecule has 0 bridgehead atoms.